The fourth-order valence-corrected chi connectivity index (χ4v) is 11.4. The monoisotopic (exact) mass is 689 g/mol. The Labute approximate surface area is 286 Å². The number of rotatable bonds is 7. The molecule has 0 aliphatic carbocycles. The molecule has 3 aromatic carbocycles. The van der Waals surface area contributed by atoms with E-state index in [1.807, 2.05) is 55.5 Å². The summed E-state index contributed by atoms with van der Waals surface area (Å²) in [7, 11) is -3.48. The highest BCUT2D eigenvalue weighted by Crippen LogP contribution is 2.60. The Morgan fingerprint density at radius 1 is 1.06 bits per heavy atom. The van der Waals surface area contributed by atoms with Crippen LogP contribution >= 0.6 is 11.6 Å². The summed E-state index contributed by atoms with van der Waals surface area (Å²) in [5.41, 5.74) is 2.55. The standard InChI is InChI=1S/C37H41ClFN3O5Si/c1-23-35(48(2,3)39)32(20-34(45)40-17-7-11-28(40)22-43)47-37(23)29-19-26(38)14-15-31(29)41(36(37)46)21-24-8-6-10-27(18-24)42-30-12-5-4-9-25(30)13-16-33(42)44/h4-6,8-10,12,14-15,18-19,23,28,32,35,43H,7,11,13,16-17,20-22H2,1-3H3/t23-,28+,32+,35-,37+/m1/s1. The van der Waals surface area contributed by atoms with E-state index in [0.717, 1.165) is 35.3 Å². The van der Waals surface area contributed by atoms with Crippen LogP contribution in [0.1, 0.15) is 49.3 Å². The molecule has 8 nitrogen and oxygen atoms in total. The van der Waals surface area contributed by atoms with Crippen LogP contribution in [-0.4, -0.2) is 61.4 Å². The second-order valence-corrected chi connectivity index (χ2v) is 18.4. The van der Waals surface area contributed by atoms with Crippen molar-refractivity contribution in [2.75, 3.05) is 23.0 Å². The molecule has 2 saturated heterocycles. The number of aryl methyl sites for hydroxylation is 1. The van der Waals surface area contributed by atoms with Gasteiger partial charge in [-0.15, -0.1) is 0 Å². The average Bonchev–Trinajstić information content (AvgIpc) is 3.71. The van der Waals surface area contributed by atoms with Crippen molar-refractivity contribution >= 4 is 54.8 Å². The minimum absolute atomic E-state index is 0.0130. The molecule has 252 valence electrons. The van der Waals surface area contributed by atoms with Gasteiger partial charge in [-0.2, -0.15) is 0 Å². The summed E-state index contributed by atoms with van der Waals surface area (Å²) in [6.45, 7) is 5.70. The van der Waals surface area contributed by atoms with E-state index in [0.29, 0.717) is 35.7 Å². The molecule has 4 aliphatic heterocycles. The molecule has 0 unspecified atom stereocenters. The highest BCUT2D eigenvalue weighted by molar-refractivity contribution is 6.72. The predicted octanol–water partition coefficient (Wildman–Crippen LogP) is 6.65. The predicted molar refractivity (Wildman–Crippen MR) is 185 cm³/mol. The number of nitrogens with zero attached hydrogens (tertiary/aromatic N) is 3. The maximum absolute atomic E-state index is 16.3. The molecule has 4 aliphatic rings. The van der Waals surface area contributed by atoms with Gasteiger partial charge in [0.25, 0.3) is 5.91 Å². The van der Waals surface area contributed by atoms with Gasteiger partial charge in [-0.05, 0) is 79.9 Å². The van der Waals surface area contributed by atoms with Crippen molar-refractivity contribution in [3.8, 4) is 0 Å². The number of carbonyl (C=O) groups is 3. The Morgan fingerprint density at radius 2 is 1.85 bits per heavy atom. The molecule has 5 atom stereocenters. The molecule has 1 spiro atoms. The van der Waals surface area contributed by atoms with Crippen molar-refractivity contribution < 1.29 is 28.3 Å². The molecule has 7 rings (SSSR count). The smallest absolute Gasteiger partial charge is 0.264 e. The third-order valence-electron chi connectivity index (χ3n) is 10.8. The molecule has 0 saturated carbocycles. The average molecular weight is 690 g/mol. The van der Waals surface area contributed by atoms with E-state index < -0.39 is 31.6 Å². The highest BCUT2D eigenvalue weighted by Gasteiger charge is 2.67. The Balaban J connectivity index is 1.23. The number of likely N-dealkylation sites (tertiary alicyclic amines) is 1. The summed E-state index contributed by atoms with van der Waals surface area (Å²) in [5, 5.41) is 10.3. The normalized spacial score (nSPS) is 26.8. The molecule has 2 fully saturated rings. The molecule has 0 bridgehead atoms. The number of amides is 3. The zero-order chi connectivity index (χ0) is 34.0. The number of para-hydroxylation sites is 1. The van der Waals surface area contributed by atoms with E-state index in [1.54, 1.807) is 46.0 Å². The number of fused-ring (bicyclic) bond motifs is 3. The van der Waals surface area contributed by atoms with Gasteiger partial charge in [0.1, 0.15) is 0 Å². The van der Waals surface area contributed by atoms with Crippen LogP contribution < -0.4 is 9.80 Å². The van der Waals surface area contributed by atoms with E-state index in [2.05, 4.69) is 0 Å². The number of ether oxygens (including phenoxy) is 1. The van der Waals surface area contributed by atoms with Crippen LogP contribution in [0.25, 0.3) is 0 Å². The summed E-state index contributed by atoms with van der Waals surface area (Å²) in [4.78, 5) is 46.7. The number of carbonyl (C=O) groups excluding carboxylic acids is 3. The maximum Gasteiger partial charge on any atom is 0.264 e. The third-order valence-corrected chi connectivity index (χ3v) is 13.5. The lowest BCUT2D eigenvalue weighted by Gasteiger charge is -2.31. The lowest BCUT2D eigenvalue weighted by Crippen LogP contribution is -2.45. The zero-order valence-corrected chi connectivity index (χ0v) is 29.3. The first-order valence-electron chi connectivity index (χ1n) is 16.8. The summed E-state index contributed by atoms with van der Waals surface area (Å²) in [5.74, 6) is -1.07. The van der Waals surface area contributed by atoms with Gasteiger partial charge in [-0.1, -0.05) is 48.9 Å². The van der Waals surface area contributed by atoms with Gasteiger partial charge in [-0.3, -0.25) is 19.3 Å². The van der Waals surface area contributed by atoms with Crippen molar-refractivity contribution in [3.05, 3.63) is 88.4 Å². The lowest BCUT2D eigenvalue weighted by molar-refractivity contribution is -0.150. The first kappa shape index (κ1) is 32.9. The first-order chi connectivity index (χ1) is 22.9. The minimum Gasteiger partial charge on any atom is -0.394 e. The maximum atomic E-state index is 16.3. The number of aliphatic hydroxyl groups is 1. The van der Waals surface area contributed by atoms with Crippen LogP contribution in [-0.2, 0) is 37.7 Å². The SMILES string of the molecule is C[C@@H]1[C@@H]([Si](C)(C)F)[C@H](CC(=O)N2CCC[C@H]2CO)O[C@@]12C(=O)N(Cc1cccc(N3C(=O)CCc4ccccc43)c1)c1ccc(Cl)cc12. The third kappa shape index (κ3) is 5.37. The molecule has 3 aromatic rings. The minimum atomic E-state index is -3.48. The second-order valence-electron chi connectivity index (χ2n) is 14.1. The van der Waals surface area contributed by atoms with E-state index in [9.17, 15) is 19.5 Å². The summed E-state index contributed by atoms with van der Waals surface area (Å²) in [6, 6.07) is 20.5. The summed E-state index contributed by atoms with van der Waals surface area (Å²) < 4.78 is 23.1. The Morgan fingerprint density at radius 3 is 2.62 bits per heavy atom. The molecule has 48 heavy (non-hydrogen) atoms. The van der Waals surface area contributed by atoms with Crippen molar-refractivity contribution in [3.63, 3.8) is 0 Å². The van der Waals surface area contributed by atoms with Crippen LogP contribution in [0.4, 0.5) is 21.2 Å². The first-order valence-corrected chi connectivity index (χ1v) is 20.2. The van der Waals surface area contributed by atoms with Crippen molar-refractivity contribution in [1.82, 2.24) is 4.90 Å². The Hall–Kier alpha value is -3.57. The molecule has 3 amide bonds. The largest absolute Gasteiger partial charge is 0.394 e. The molecular weight excluding hydrogens is 649 g/mol. The van der Waals surface area contributed by atoms with Gasteiger partial charge in [0.2, 0.25) is 20.2 Å². The van der Waals surface area contributed by atoms with Gasteiger partial charge in [-0.25, -0.2) is 0 Å². The molecule has 0 radical (unpaired) electrons. The molecule has 11 heteroatoms. The topological polar surface area (TPSA) is 90.4 Å². The summed E-state index contributed by atoms with van der Waals surface area (Å²) in [6.07, 6.45) is 1.75. The molecular formula is C37H41ClFN3O5Si. The Bertz CT molecular complexity index is 1780. The number of aliphatic hydroxyl groups excluding tert-OH is 1. The van der Waals surface area contributed by atoms with Gasteiger partial charge in [0, 0.05) is 40.7 Å². The van der Waals surface area contributed by atoms with Crippen molar-refractivity contribution in [2.24, 2.45) is 5.92 Å². The van der Waals surface area contributed by atoms with Gasteiger partial charge in [0.15, 0.2) is 5.60 Å². The quantitative estimate of drug-likeness (QED) is 0.222. The number of anilines is 3. The highest BCUT2D eigenvalue weighted by atomic mass is 35.5. The van der Waals surface area contributed by atoms with Crippen LogP contribution in [0.3, 0.4) is 0 Å². The van der Waals surface area contributed by atoms with Crippen LogP contribution in [0.5, 0.6) is 0 Å². The number of halogens is 2. The van der Waals surface area contributed by atoms with Gasteiger partial charge >= 0.3 is 0 Å². The number of hydrogen-bond acceptors (Lipinski definition) is 5. The summed E-state index contributed by atoms with van der Waals surface area (Å²) >= 11 is 6.54. The van der Waals surface area contributed by atoms with Gasteiger partial charge < -0.3 is 23.8 Å². The Kier molecular flexibility index (Phi) is 8.51. The van der Waals surface area contributed by atoms with E-state index in [4.69, 9.17) is 16.3 Å². The lowest BCUT2D eigenvalue weighted by atomic mass is 9.82. The van der Waals surface area contributed by atoms with E-state index in [1.165, 1.54) is 0 Å². The second kappa shape index (κ2) is 12.4. The fourth-order valence-electron chi connectivity index (χ4n) is 8.71. The zero-order valence-electron chi connectivity index (χ0n) is 27.5. The van der Waals surface area contributed by atoms with Crippen LogP contribution in [0, 0.1) is 5.92 Å². The fraction of sp³-hybridized carbons (Fsp3) is 0.432. The van der Waals surface area contributed by atoms with Crippen molar-refractivity contribution in [1.29, 1.82) is 0 Å². The molecule has 4 heterocycles. The number of benzene rings is 3. The number of hydrogen-bond donors (Lipinski definition) is 1. The van der Waals surface area contributed by atoms with Crippen LogP contribution in [0.2, 0.25) is 23.7 Å². The van der Waals surface area contributed by atoms with E-state index in [-0.39, 0.29) is 43.3 Å². The molecule has 1 N–H and O–H groups in total. The van der Waals surface area contributed by atoms with Crippen molar-refractivity contribution in [2.45, 2.75) is 82.0 Å². The molecule has 0 aromatic heterocycles. The van der Waals surface area contributed by atoms with Crippen LogP contribution in [0.15, 0.2) is 66.7 Å². The van der Waals surface area contributed by atoms with E-state index >= 15 is 4.11 Å². The van der Waals surface area contributed by atoms with Gasteiger partial charge in [0.05, 0.1) is 43.1 Å².